The summed E-state index contributed by atoms with van der Waals surface area (Å²) in [5.74, 6) is -1.03. The fourth-order valence-corrected chi connectivity index (χ4v) is 1.30. The average molecular weight is 266 g/mol. The van der Waals surface area contributed by atoms with Gasteiger partial charge in [-0.25, -0.2) is 0 Å². The molecule has 0 spiro atoms. The fourth-order valence-electron chi connectivity index (χ4n) is 1.11. The second-order valence-electron chi connectivity index (χ2n) is 3.39. The van der Waals surface area contributed by atoms with Crippen molar-refractivity contribution >= 4 is 34.7 Å². The lowest BCUT2D eigenvalue weighted by Crippen LogP contribution is -2.28. The minimum atomic E-state index is -0.527. The van der Waals surface area contributed by atoms with Crippen LogP contribution >= 0.6 is 11.6 Å². The number of carbonyl (C=O) groups excluding carboxylic acids is 1. The molecule has 0 aromatic heterocycles. The summed E-state index contributed by atoms with van der Waals surface area (Å²) < 4.78 is 0. The predicted octanol–water partition coefficient (Wildman–Crippen LogP) is 1.08. The molecule has 6 nitrogen and oxygen atoms in total. The molecule has 0 unspecified atom stereocenters. The molecule has 0 heterocycles. The Morgan fingerprint density at radius 3 is 2.56 bits per heavy atom. The maximum absolute atomic E-state index is 11.5. The van der Waals surface area contributed by atoms with Crippen molar-refractivity contribution in [3.8, 4) is 0 Å². The van der Waals surface area contributed by atoms with Gasteiger partial charge in [-0.3, -0.25) is 15.6 Å². The summed E-state index contributed by atoms with van der Waals surface area (Å²) in [6.07, 6.45) is 0.991. The maximum atomic E-state index is 11.5. The molecule has 94 valence electrons. The van der Waals surface area contributed by atoms with Crippen molar-refractivity contribution in [3.63, 3.8) is 0 Å². The summed E-state index contributed by atoms with van der Waals surface area (Å²) in [5.41, 5.74) is 10.4. The van der Waals surface area contributed by atoms with Crippen molar-refractivity contribution in [2.45, 2.75) is 0 Å². The second kappa shape index (κ2) is 5.83. The van der Waals surface area contributed by atoms with Gasteiger partial charge in [-0.1, -0.05) is 17.7 Å². The van der Waals surface area contributed by atoms with E-state index < -0.39 is 17.5 Å². The van der Waals surface area contributed by atoms with Gasteiger partial charge in [-0.2, -0.15) is 0 Å². The van der Waals surface area contributed by atoms with Crippen LogP contribution in [0.4, 0.5) is 5.69 Å². The van der Waals surface area contributed by atoms with Crippen molar-refractivity contribution < 1.29 is 4.79 Å². The molecule has 7 N–H and O–H groups in total. The first-order chi connectivity index (χ1) is 8.40. The summed E-state index contributed by atoms with van der Waals surface area (Å²) in [7, 11) is 0. The molecule has 0 saturated carbocycles. The molecule has 0 aliphatic rings. The number of anilines is 1. The Labute approximate surface area is 109 Å². The van der Waals surface area contributed by atoms with Gasteiger partial charge in [0.1, 0.15) is 11.5 Å². The largest absolute Gasteiger partial charge is 0.397 e. The number of nitrogens with one attached hydrogen (secondary N) is 3. The van der Waals surface area contributed by atoms with Crippen LogP contribution in [-0.4, -0.2) is 17.5 Å². The SMILES string of the molecule is N=C(N)C(=N)/C(N)=C\C(=O)Nc1cccc(Cl)c1. The number of rotatable bonds is 4. The third-order valence-electron chi connectivity index (χ3n) is 1.94. The molecule has 0 aliphatic carbocycles. The monoisotopic (exact) mass is 265 g/mol. The molecule has 0 radical (unpaired) electrons. The molecule has 0 aliphatic heterocycles. The van der Waals surface area contributed by atoms with Crippen LogP contribution in [0.25, 0.3) is 0 Å². The topological polar surface area (TPSA) is 129 Å². The minimum Gasteiger partial charge on any atom is -0.397 e. The van der Waals surface area contributed by atoms with E-state index in [1.807, 2.05) is 0 Å². The fraction of sp³-hybridized carbons (Fsp3) is 0. The Bertz CT molecular complexity index is 538. The molecule has 1 amide bonds. The van der Waals surface area contributed by atoms with Crippen LogP contribution < -0.4 is 16.8 Å². The number of carbonyl (C=O) groups is 1. The van der Waals surface area contributed by atoms with Gasteiger partial charge < -0.3 is 16.8 Å². The van der Waals surface area contributed by atoms with E-state index in [1.165, 1.54) is 0 Å². The Morgan fingerprint density at radius 1 is 1.33 bits per heavy atom. The molecule has 0 atom stereocenters. The number of hydrogen-bond donors (Lipinski definition) is 5. The number of nitrogens with two attached hydrogens (primary N) is 2. The Kier molecular flexibility index (Phi) is 4.45. The zero-order chi connectivity index (χ0) is 13.7. The predicted molar refractivity (Wildman–Crippen MR) is 72.0 cm³/mol. The third-order valence-corrected chi connectivity index (χ3v) is 2.17. The van der Waals surface area contributed by atoms with Crippen LogP contribution in [0, 0.1) is 10.8 Å². The Hall–Kier alpha value is -2.34. The molecule has 1 aromatic rings. The van der Waals surface area contributed by atoms with Crippen molar-refractivity contribution in [3.05, 3.63) is 41.1 Å². The summed E-state index contributed by atoms with van der Waals surface area (Å²) in [6, 6.07) is 6.58. The van der Waals surface area contributed by atoms with Crippen LogP contribution in [0.15, 0.2) is 36.0 Å². The van der Waals surface area contributed by atoms with Gasteiger partial charge in [-0.15, -0.1) is 0 Å². The van der Waals surface area contributed by atoms with Gasteiger partial charge >= 0.3 is 0 Å². The lowest BCUT2D eigenvalue weighted by Gasteiger charge is -2.04. The molecule has 1 aromatic carbocycles. The van der Waals surface area contributed by atoms with E-state index in [1.54, 1.807) is 24.3 Å². The van der Waals surface area contributed by atoms with E-state index in [0.29, 0.717) is 10.7 Å². The highest BCUT2D eigenvalue weighted by molar-refractivity contribution is 6.45. The van der Waals surface area contributed by atoms with Crippen LogP contribution in [0.5, 0.6) is 0 Å². The molecule has 0 fully saturated rings. The van der Waals surface area contributed by atoms with E-state index in [2.05, 4.69) is 5.32 Å². The zero-order valence-electron chi connectivity index (χ0n) is 9.33. The molecule has 0 bridgehead atoms. The minimum absolute atomic E-state index is 0.179. The highest BCUT2D eigenvalue weighted by atomic mass is 35.5. The lowest BCUT2D eigenvalue weighted by molar-refractivity contribution is -0.111. The molecular formula is C11H12ClN5O. The van der Waals surface area contributed by atoms with E-state index in [-0.39, 0.29) is 5.70 Å². The average Bonchev–Trinajstić information content (AvgIpc) is 2.27. The molecule has 18 heavy (non-hydrogen) atoms. The summed E-state index contributed by atoms with van der Waals surface area (Å²) in [4.78, 5) is 11.5. The summed E-state index contributed by atoms with van der Waals surface area (Å²) in [6.45, 7) is 0. The van der Waals surface area contributed by atoms with Gasteiger partial charge in [-0.05, 0) is 18.2 Å². The van der Waals surface area contributed by atoms with Crippen molar-refractivity contribution in [1.82, 2.24) is 0 Å². The molecular weight excluding hydrogens is 254 g/mol. The first-order valence-electron chi connectivity index (χ1n) is 4.87. The number of halogens is 1. The Morgan fingerprint density at radius 2 is 2.00 bits per heavy atom. The molecule has 1 rings (SSSR count). The highest BCUT2D eigenvalue weighted by Crippen LogP contribution is 2.14. The van der Waals surface area contributed by atoms with Crippen LogP contribution in [-0.2, 0) is 4.79 Å². The van der Waals surface area contributed by atoms with Gasteiger partial charge in [0.25, 0.3) is 5.91 Å². The normalized spacial score (nSPS) is 10.8. The third kappa shape index (κ3) is 3.91. The van der Waals surface area contributed by atoms with Crippen LogP contribution in [0.2, 0.25) is 5.02 Å². The van der Waals surface area contributed by atoms with E-state index >= 15 is 0 Å². The smallest absolute Gasteiger partial charge is 0.250 e. The number of benzene rings is 1. The van der Waals surface area contributed by atoms with Crippen LogP contribution in [0.1, 0.15) is 0 Å². The van der Waals surface area contributed by atoms with Gasteiger partial charge in [0.05, 0.1) is 5.70 Å². The van der Waals surface area contributed by atoms with E-state index in [9.17, 15) is 4.79 Å². The van der Waals surface area contributed by atoms with Crippen LogP contribution in [0.3, 0.4) is 0 Å². The number of amides is 1. The summed E-state index contributed by atoms with van der Waals surface area (Å²) >= 11 is 5.76. The quantitative estimate of drug-likeness (QED) is 0.317. The zero-order valence-corrected chi connectivity index (χ0v) is 10.1. The lowest BCUT2D eigenvalue weighted by atomic mass is 10.2. The van der Waals surface area contributed by atoms with E-state index in [4.69, 9.17) is 33.9 Å². The van der Waals surface area contributed by atoms with Crippen molar-refractivity contribution in [2.24, 2.45) is 11.5 Å². The standard InChI is InChI=1S/C11H12ClN5O/c12-6-2-1-3-7(4-6)17-9(18)5-8(13)10(14)11(15)16/h1-5,14H,13H2,(H3,15,16)(H,17,18)/b8-5+,14-10?. The van der Waals surface area contributed by atoms with Crippen molar-refractivity contribution in [1.29, 1.82) is 10.8 Å². The van der Waals surface area contributed by atoms with Gasteiger partial charge in [0, 0.05) is 16.8 Å². The first kappa shape index (κ1) is 13.7. The number of amidine groups is 1. The summed E-state index contributed by atoms with van der Waals surface area (Å²) in [5, 5.41) is 17.3. The number of hydrogen-bond acceptors (Lipinski definition) is 4. The van der Waals surface area contributed by atoms with Crippen molar-refractivity contribution in [2.75, 3.05) is 5.32 Å². The van der Waals surface area contributed by atoms with Gasteiger partial charge in [0.2, 0.25) is 0 Å². The van der Waals surface area contributed by atoms with E-state index in [0.717, 1.165) is 6.08 Å². The first-order valence-corrected chi connectivity index (χ1v) is 5.25. The Balaban J connectivity index is 2.75. The molecule has 7 heteroatoms. The van der Waals surface area contributed by atoms with Gasteiger partial charge in [0.15, 0.2) is 0 Å². The highest BCUT2D eigenvalue weighted by Gasteiger charge is 2.07. The second-order valence-corrected chi connectivity index (χ2v) is 3.82. The molecule has 0 saturated heterocycles. The maximum Gasteiger partial charge on any atom is 0.250 e.